The number of rotatable bonds is 2. The minimum absolute atomic E-state index is 0.304. The van der Waals surface area contributed by atoms with Crippen LogP contribution in [0.3, 0.4) is 0 Å². The Bertz CT molecular complexity index is 230. The summed E-state index contributed by atoms with van der Waals surface area (Å²) in [6.45, 7) is 1.75. The van der Waals surface area contributed by atoms with Gasteiger partial charge in [0.05, 0.1) is 6.54 Å². The van der Waals surface area contributed by atoms with E-state index in [9.17, 15) is 13.2 Å². The van der Waals surface area contributed by atoms with Crippen LogP contribution in [-0.4, -0.2) is 60.8 Å². The number of alkyl halides is 3. The number of halogens is 3. The summed E-state index contributed by atoms with van der Waals surface area (Å²) in [6.07, 6.45) is -2.07. The van der Waals surface area contributed by atoms with Crippen molar-refractivity contribution in [2.45, 2.75) is 31.1 Å². The van der Waals surface area contributed by atoms with Gasteiger partial charge in [-0.05, 0) is 12.8 Å². The van der Waals surface area contributed by atoms with E-state index in [1.807, 2.05) is 0 Å². The maximum Gasteiger partial charge on any atom is 0.401 e. The van der Waals surface area contributed by atoms with Crippen molar-refractivity contribution in [3.8, 4) is 0 Å². The fraction of sp³-hybridized carbons (Fsp3) is 1.00. The molecule has 0 atom stereocenters. The molecule has 1 aliphatic heterocycles. The van der Waals surface area contributed by atoms with E-state index in [1.54, 1.807) is 0 Å². The molecule has 0 aromatic carbocycles. The Balaban J connectivity index is 1.70. The predicted molar refractivity (Wildman–Crippen MR) is 55.1 cm³/mol. The van der Waals surface area contributed by atoms with Gasteiger partial charge in [-0.15, -0.1) is 0 Å². The van der Waals surface area contributed by atoms with Crippen LogP contribution in [0.15, 0.2) is 0 Å². The van der Waals surface area contributed by atoms with E-state index in [0.29, 0.717) is 25.2 Å². The smallest absolute Gasteiger partial charge is 0.328 e. The van der Waals surface area contributed by atoms with Gasteiger partial charge in [0.15, 0.2) is 0 Å². The molecule has 0 unspecified atom stereocenters. The topological polar surface area (TPSA) is 32.5 Å². The van der Waals surface area contributed by atoms with E-state index < -0.39 is 12.7 Å². The Morgan fingerprint density at radius 1 is 1.06 bits per heavy atom. The maximum atomic E-state index is 12.2. The number of hydrogen-bond acceptors (Lipinski definition) is 3. The number of nitrogens with two attached hydrogens (primary N) is 1. The number of hydrogen-bond donors (Lipinski definition) is 1. The molecular formula is C10H18F3N3. The zero-order valence-corrected chi connectivity index (χ0v) is 9.21. The second-order valence-corrected chi connectivity index (χ2v) is 4.81. The first kappa shape index (κ1) is 12.1. The Morgan fingerprint density at radius 2 is 1.62 bits per heavy atom. The highest BCUT2D eigenvalue weighted by molar-refractivity contribution is 4.91. The Morgan fingerprint density at radius 3 is 2.06 bits per heavy atom. The largest absolute Gasteiger partial charge is 0.401 e. The number of piperazine rings is 1. The van der Waals surface area contributed by atoms with Gasteiger partial charge >= 0.3 is 6.18 Å². The van der Waals surface area contributed by atoms with Crippen LogP contribution in [0, 0.1) is 0 Å². The molecule has 94 valence electrons. The number of nitrogens with zero attached hydrogens (tertiary/aromatic N) is 2. The van der Waals surface area contributed by atoms with Crippen molar-refractivity contribution in [3.63, 3.8) is 0 Å². The molecule has 2 rings (SSSR count). The molecule has 2 N–H and O–H groups in total. The summed E-state index contributed by atoms with van der Waals surface area (Å²) in [5.41, 5.74) is 5.70. The van der Waals surface area contributed by atoms with Crippen molar-refractivity contribution in [3.05, 3.63) is 0 Å². The monoisotopic (exact) mass is 237 g/mol. The van der Waals surface area contributed by atoms with Crippen LogP contribution in [0.4, 0.5) is 13.2 Å². The normalized spacial score (nSPS) is 33.8. The van der Waals surface area contributed by atoms with Crippen molar-refractivity contribution >= 4 is 0 Å². The molecule has 0 aromatic rings. The fourth-order valence-electron chi connectivity index (χ4n) is 2.47. The molecule has 6 heteroatoms. The lowest BCUT2D eigenvalue weighted by molar-refractivity contribution is -0.150. The first-order valence-corrected chi connectivity index (χ1v) is 5.73. The van der Waals surface area contributed by atoms with E-state index in [0.717, 1.165) is 25.9 Å². The first-order chi connectivity index (χ1) is 7.44. The van der Waals surface area contributed by atoms with Gasteiger partial charge in [0.2, 0.25) is 0 Å². The highest BCUT2D eigenvalue weighted by atomic mass is 19.4. The highest BCUT2D eigenvalue weighted by Gasteiger charge is 2.36. The van der Waals surface area contributed by atoms with Crippen LogP contribution < -0.4 is 5.73 Å². The summed E-state index contributed by atoms with van der Waals surface area (Å²) in [6, 6.07) is 0.821. The van der Waals surface area contributed by atoms with Gasteiger partial charge in [-0.1, -0.05) is 0 Å². The Labute approximate surface area is 93.4 Å². The molecule has 1 heterocycles. The average molecular weight is 237 g/mol. The standard InChI is InChI=1S/C10H18F3N3/c11-10(12,13)7-15-1-3-16(4-2-15)9-5-8(14)6-9/h8-9H,1-7,14H2. The van der Waals surface area contributed by atoms with Crippen molar-refractivity contribution < 1.29 is 13.2 Å². The van der Waals surface area contributed by atoms with E-state index >= 15 is 0 Å². The van der Waals surface area contributed by atoms with Gasteiger partial charge in [0.1, 0.15) is 0 Å². The summed E-state index contributed by atoms with van der Waals surface area (Å²) in [5.74, 6) is 0. The summed E-state index contributed by atoms with van der Waals surface area (Å²) in [7, 11) is 0. The summed E-state index contributed by atoms with van der Waals surface area (Å²) in [4.78, 5) is 3.76. The van der Waals surface area contributed by atoms with Crippen molar-refractivity contribution in [1.29, 1.82) is 0 Å². The molecule has 1 saturated carbocycles. The molecule has 0 amide bonds. The van der Waals surface area contributed by atoms with Crippen LogP contribution in [0.5, 0.6) is 0 Å². The van der Waals surface area contributed by atoms with Gasteiger partial charge in [-0.2, -0.15) is 13.2 Å². The molecule has 16 heavy (non-hydrogen) atoms. The lowest BCUT2D eigenvalue weighted by atomic mass is 9.86. The van der Waals surface area contributed by atoms with E-state index in [2.05, 4.69) is 4.90 Å². The lowest BCUT2D eigenvalue weighted by Crippen LogP contribution is -2.57. The van der Waals surface area contributed by atoms with Crippen LogP contribution in [0.2, 0.25) is 0 Å². The minimum atomic E-state index is -4.07. The average Bonchev–Trinajstić information content (AvgIpc) is 2.12. The third-order valence-electron chi connectivity index (χ3n) is 3.48. The van der Waals surface area contributed by atoms with E-state index in [-0.39, 0.29) is 0 Å². The minimum Gasteiger partial charge on any atom is -0.328 e. The Kier molecular flexibility index (Phi) is 3.42. The lowest BCUT2D eigenvalue weighted by Gasteiger charge is -2.45. The van der Waals surface area contributed by atoms with Crippen LogP contribution >= 0.6 is 0 Å². The van der Waals surface area contributed by atoms with Crippen LogP contribution in [0.1, 0.15) is 12.8 Å². The second kappa shape index (κ2) is 4.50. The van der Waals surface area contributed by atoms with Gasteiger partial charge in [0, 0.05) is 38.3 Å². The van der Waals surface area contributed by atoms with Crippen LogP contribution in [-0.2, 0) is 0 Å². The molecular weight excluding hydrogens is 219 g/mol. The third-order valence-corrected chi connectivity index (χ3v) is 3.48. The van der Waals surface area contributed by atoms with E-state index in [1.165, 1.54) is 4.90 Å². The van der Waals surface area contributed by atoms with Crippen molar-refractivity contribution in [2.75, 3.05) is 32.7 Å². The predicted octanol–water partition coefficient (Wildman–Crippen LogP) is 0.656. The van der Waals surface area contributed by atoms with Gasteiger partial charge in [-0.25, -0.2) is 0 Å². The zero-order valence-electron chi connectivity index (χ0n) is 9.21. The summed E-state index contributed by atoms with van der Waals surface area (Å²) >= 11 is 0. The van der Waals surface area contributed by atoms with Gasteiger partial charge in [0.25, 0.3) is 0 Å². The molecule has 0 radical (unpaired) electrons. The van der Waals surface area contributed by atoms with Gasteiger partial charge in [-0.3, -0.25) is 9.80 Å². The molecule has 3 nitrogen and oxygen atoms in total. The quantitative estimate of drug-likeness (QED) is 0.765. The fourth-order valence-corrected chi connectivity index (χ4v) is 2.47. The summed E-state index contributed by atoms with van der Waals surface area (Å²) < 4.78 is 36.5. The zero-order chi connectivity index (χ0) is 11.8. The molecule has 0 aromatic heterocycles. The second-order valence-electron chi connectivity index (χ2n) is 4.81. The third kappa shape index (κ3) is 3.09. The summed E-state index contributed by atoms with van der Waals surface area (Å²) in [5, 5.41) is 0. The van der Waals surface area contributed by atoms with E-state index in [4.69, 9.17) is 5.73 Å². The highest BCUT2D eigenvalue weighted by Crippen LogP contribution is 2.25. The maximum absolute atomic E-state index is 12.2. The van der Waals surface area contributed by atoms with Crippen LogP contribution in [0.25, 0.3) is 0 Å². The molecule has 1 saturated heterocycles. The first-order valence-electron chi connectivity index (χ1n) is 5.73. The molecule has 2 fully saturated rings. The molecule has 1 aliphatic carbocycles. The SMILES string of the molecule is NC1CC(N2CCN(CC(F)(F)F)CC2)C1. The van der Waals surface area contributed by atoms with Crippen molar-refractivity contribution in [1.82, 2.24) is 9.80 Å². The molecule has 0 bridgehead atoms. The van der Waals surface area contributed by atoms with Crippen molar-refractivity contribution in [2.24, 2.45) is 5.73 Å². The van der Waals surface area contributed by atoms with Gasteiger partial charge < -0.3 is 5.73 Å². The Hall–Kier alpha value is -0.330. The molecule has 2 aliphatic rings. The molecule has 0 spiro atoms.